The molecule has 2 heterocycles. The lowest BCUT2D eigenvalue weighted by Crippen LogP contribution is -2.13. The molecule has 4 nitrogen and oxygen atoms in total. The summed E-state index contributed by atoms with van der Waals surface area (Å²) in [5.74, 6) is 1.30. The van der Waals surface area contributed by atoms with Crippen LogP contribution in [0.2, 0.25) is 0 Å². The van der Waals surface area contributed by atoms with Crippen molar-refractivity contribution in [3.8, 4) is 11.1 Å². The van der Waals surface area contributed by atoms with Gasteiger partial charge in [-0.05, 0) is 41.6 Å². The van der Waals surface area contributed by atoms with Gasteiger partial charge in [-0.25, -0.2) is 0 Å². The summed E-state index contributed by atoms with van der Waals surface area (Å²) in [5, 5.41) is 4.61. The Kier molecular flexibility index (Phi) is 5.99. The van der Waals surface area contributed by atoms with Crippen molar-refractivity contribution < 1.29 is 0 Å². The molecular formula is C16H24N4S. The Hall–Kier alpha value is -1.62. The predicted molar refractivity (Wildman–Crippen MR) is 91.6 cm³/mol. The molecule has 0 aliphatic rings. The molecule has 0 aliphatic carbocycles. The maximum absolute atomic E-state index is 6.03. The van der Waals surface area contributed by atoms with Crippen LogP contribution < -0.4 is 11.1 Å². The lowest BCUT2D eigenvalue weighted by Gasteiger charge is -2.16. The molecule has 3 N–H and O–H groups in total. The smallest absolute Gasteiger partial charge is 0.147 e. The van der Waals surface area contributed by atoms with Gasteiger partial charge in [0.05, 0.1) is 5.56 Å². The Morgan fingerprint density at radius 2 is 2.05 bits per heavy atom. The lowest BCUT2D eigenvalue weighted by molar-refractivity contribution is 0.473. The number of nitrogens with zero attached hydrogens (tertiary/aromatic N) is 2. The summed E-state index contributed by atoms with van der Waals surface area (Å²) in [4.78, 5) is 4.06. The Balaban J connectivity index is 2.08. The Morgan fingerprint density at radius 3 is 2.71 bits per heavy atom. The minimum absolute atomic E-state index is 0.593. The number of aromatic nitrogens is 2. The number of unbranched alkanes of at least 4 members (excludes halogenated alkanes) is 1. The minimum atomic E-state index is 0.593. The van der Waals surface area contributed by atoms with E-state index in [0.717, 1.165) is 22.7 Å². The molecule has 2 aromatic rings. The average molecular weight is 304 g/mol. The van der Waals surface area contributed by atoms with Crippen LogP contribution in [0, 0.1) is 5.92 Å². The van der Waals surface area contributed by atoms with Gasteiger partial charge < -0.3 is 11.1 Å². The van der Waals surface area contributed by atoms with Gasteiger partial charge in [0.2, 0.25) is 0 Å². The molecule has 0 aromatic carbocycles. The topological polar surface area (TPSA) is 63.8 Å². The van der Waals surface area contributed by atoms with Crippen molar-refractivity contribution in [2.75, 3.05) is 17.6 Å². The van der Waals surface area contributed by atoms with Crippen LogP contribution in [0.1, 0.15) is 39.5 Å². The van der Waals surface area contributed by atoms with Gasteiger partial charge in [0.15, 0.2) is 0 Å². The third-order valence-corrected chi connectivity index (χ3v) is 4.60. The maximum atomic E-state index is 6.03. The molecule has 0 amide bonds. The van der Waals surface area contributed by atoms with Crippen molar-refractivity contribution in [2.24, 2.45) is 5.92 Å². The molecule has 0 fully saturated rings. The number of hydrogen-bond donors (Lipinski definition) is 2. The van der Waals surface area contributed by atoms with Crippen LogP contribution in [0.15, 0.2) is 24.5 Å². The first kappa shape index (κ1) is 15.8. The third-order valence-electron chi connectivity index (χ3n) is 3.78. The Labute approximate surface area is 131 Å². The lowest BCUT2D eigenvalue weighted by atomic mass is 9.99. The first-order valence-electron chi connectivity index (χ1n) is 7.65. The van der Waals surface area contributed by atoms with E-state index in [4.69, 9.17) is 5.73 Å². The molecular weight excluding hydrogens is 280 g/mol. The second-order valence-electron chi connectivity index (χ2n) is 5.31. The second-order valence-corrected chi connectivity index (χ2v) is 6.08. The molecule has 114 valence electrons. The van der Waals surface area contributed by atoms with Gasteiger partial charge in [0.25, 0.3) is 0 Å². The zero-order valence-electron chi connectivity index (χ0n) is 12.8. The van der Waals surface area contributed by atoms with Gasteiger partial charge in [-0.1, -0.05) is 33.1 Å². The van der Waals surface area contributed by atoms with Gasteiger partial charge in [0, 0.05) is 18.9 Å². The van der Waals surface area contributed by atoms with Crippen molar-refractivity contribution in [3.05, 3.63) is 24.5 Å². The SMILES string of the molecule is CCCCC(CC)CNc1snc(N)c1-c1ccncc1. The van der Waals surface area contributed by atoms with E-state index in [0.29, 0.717) is 11.7 Å². The van der Waals surface area contributed by atoms with Crippen LogP contribution in [-0.4, -0.2) is 15.9 Å². The standard InChI is InChI=1S/C16H24N4S/c1-3-5-6-12(4-2)11-19-16-14(15(17)20-21-16)13-7-9-18-10-8-13/h7-10,12,19H,3-6,11H2,1-2H3,(H2,17,20). The molecule has 0 aliphatic heterocycles. The fourth-order valence-corrected chi connectivity index (χ4v) is 3.14. The van der Waals surface area contributed by atoms with Gasteiger partial charge in [-0.3, -0.25) is 4.98 Å². The number of hydrogen-bond acceptors (Lipinski definition) is 5. The number of nitrogen functional groups attached to an aromatic ring is 1. The quantitative estimate of drug-likeness (QED) is 0.758. The average Bonchev–Trinajstić information content (AvgIpc) is 2.89. The van der Waals surface area contributed by atoms with Crippen molar-refractivity contribution >= 4 is 22.4 Å². The van der Waals surface area contributed by atoms with Crippen LogP contribution in [-0.2, 0) is 0 Å². The molecule has 0 saturated heterocycles. The van der Waals surface area contributed by atoms with E-state index in [1.165, 1.54) is 37.2 Å². The predicted octanol–water partition coefficient (Wildman–Crippen LogP) is 4.42. The molecule has 2 rings (SSSR count). The number of pyridine rings is 1. The Bertz CT molecular complexity index is 538. The highest BCUT2D eigenvalue weighted by Crippen LogP contribution is 2.36. The molecule has 1 unspecified atom stereocenters. The monoisotopic (exact) mass is 304 g/mol. The molecule has 0 radical (unpaired) electrons. The molecule has 5 heteroatoms. The van der Waals surface area contributed by atoms with Gasteiger partial charge in [-0.2, -0.15) is 4.37 Å². The molecule has 1 atom stereocenters. The molecule has 2 aromatic heterocycles. The summed E-state index contributed by atoms with van der Waals surface area (Å²) in [5.41, 5.74) is 8.11. The van der Waals surface area contributed by atoms with E-state index in [2.05, 4.69) is 28.5 Å². The van der Waals surface area contributed by atoms with Crippen LogP contribution in [0.5, 0.6) is 0 Å². The van der Waals surface area contributed by atoms with Crippen LogP contribution >= 0.6 is 11.5 Å². The van der Waals surface area contributed by atoms with E-state index in [-0.39, 0.29) is 0 Å². The highest BCUT2D eigenvalue weighted by Gasteiger charge is 2.14. The van der Waals surface area contributed by atoms with E-state index in [1.807, 2.05) is 12.1 Å². The largest absolute Gasteiger partial charge is 0.382 e. The third kappa shape index (κ3) is 4.17. The highest BCUT2D eigenvalue weighted by molar-refractivity contribution is 7.11. The number of rotatable bonds is 8. The summed E-state index contributed by atoms with van der Waals surface area (Å²) < 4.78 is 4.30. The minimum Gasteiger partial charge on any atom is -0.382 e. The Morgan fingerprint density at radius 1 is 1.29 bits per heavy atom. The van der Waals surface area contributed by atoms with Gasteiger partial charge in [0.1, 0.15) is 10.8 Å². The summed E-state index contributed by atoms with van der Waals surface area (Å²) >= 11 is 1.44. The highest BCUT2D eigenvalue weighted by atomic mass is 32.1. The summed E-state index contributed by atoms with van der Waals surface area (Å²) in [7, 11) is 0. The molecule has 0 spiro atoms. The van der Waals surface area contributed by atoms with Crippen molar-refractivity contribution in [1.29, 1.82) is 0 Å². The van der Waals surface area contributed by atoms with Gasteiger partial charge >= 0.3 is 0 Å². The normalized spacial score (nSPS) is 12.3. The van der Waals surface area contributed by atoms with E-state index in [1.54, 1.807) is 12.4 Å². The zero-order valence-corrected chi connectivity index (χ0v) is 13.6. The van der Waals surface area contributed by atoms with Crippen molar-refractivity contribution in [1.82, 2.24) is 9.36 Å². The molecule has 0 saturated carbocycles. The van der Waals surface area contributed by atoms with Crippen molar-refractivity contribution in [3.63, 3.8) is 0 Å². The molecule has 0 bridgehead atoms. The van der Waals surface area contributed by atoms with Crippen LogP contribution in [0.3, 0.4) is 0 Å². The number of nitrogens with one attached hydrogen (secondary N) is 1. The number of nitrogens with two attached hydrogens (primary N) is 1. The first-order valence-corrected chi connectivity index (χ1v) is 8.43. The van der Waals surface area contributed by atoms with E-state index in [9.17, 15) is 0 Å². The summed E-state index contributed by atoms with van der Waals surface area (Å²) in [6.45, 7) is 5.48. The summed E-state index contributed by atoms with van der Waals surface area (Å²) in [6, 6.07) is 3.94. The van der Waals surface area contributed by atoms with E-state index < -0.39 is 0 Å². The first-order chi connectivity index (χ1) is 10.3. The van der Waals surface area contributed by atoms with Gasteiger partial charge in [-0.15, -0.1) is 0 Å². The second kappa shape index (κ2) is 7.98. The number of anilines is 2. The van der Waals surface area contributed by atoms with E-state index >= 15 is 0 Å². The van der Waals surface area contributed by atoms with Crippen molar-refractivity contribution in [2.45, 2.75) is 39.5 Å². The molecule has 21 heavy (non-hydrogen) atoms. The fourth-order valence-electron chi connectivity index (χ4n) is 2.40. The maximum Gasteiger partial charge on any atom is 0.147 e. The fraction of sp³-hybridized carbons (Fsp3) is 0.500. The summed E-state index contributed by atoms with van der Waals surface area (Å²) in [6.07, 6.45) is 8.60. The van der Waals surface area contributed by atoms with Crippen LogP contribution in [0.4, 0.5) is 10.8 Å². The zero-order chi connectivity index (χ0) is 15.1. The van der Waals surface area contributed by atoms with Crippen LogP contribution in [0.25, 0.3) is 11.1 Å².